The predicted octanol–water partition coefficient (Wildman–Crippen LogP) is 3.31. The molecule has 0 spiro atoms. The summed E-state index contributed by atoms with van der Waals surface area (Å²) in [6.45, 7) is 3.22. The molecule has 1 saturated carbocycles. The maximum atomic E-state index is 12.6. The standard InChI is InChI=1S/C23H30N6O4S/c1-4-15(2)33-20(30)14-25-34(31,32)18-10-8-17(9-11-18)29(3)23-27-21-19(12-13-24-21)22(28-23)26-16-6-5-7-16/h8-13,15-16,25H,4-7,14H2,1-3H3,(H2,24,26,27,28). The number of sulfonamides is 1. The second-order valence-electron chi connectivity index (χ2n) is 8.47. The van der Waals surface area contributed by atoms with Crippen molar-refractivity contribution in [3.05, 3.63) is 36.5 Å². The number of benzene rings is 1. The molecule has 1 aromatic carbocycles. The lowest BCUT2D eigenvalue weighted by Crippen LogP contribution is -2.32. The van der Waals surface area contributed by atoms with Crippen molar-refractivity contribution in [2.45, 2.75) is 56.6 Å². The lowest BCUT2D eigenvalue weighted by molar-refractivity contribution is -0.146. The van der Waals surface area contributed by atoms with Gasteiger partial charge >= 0.3 is 5.97 Å². The average molecular weight is 487 g/mol. The molecule has 0 bridgehead atoms. The van der Waals surface area contributed by atoms with Crippen LogP contribution in [0.4, 0.5) is 17.5 Å². The van der Waals surface area contributed by atoms with Gasteiger partial charge in [-0.05, 0) is 62.9 Å². The monoisotopic (exact) mass is 486 g/mol. The number of fused-ring (bicyclic) bond motifs is 1. The van der Waals surface area contributed by atoms with Gasteiger partial charge in [-0.25, -0.2) is 8.42 Å². The SMILES string of the molecule is CCC(C)OC(=O)CNS(=O)(=O)c1ccc(N(C)c2nc(NC3CCC3)c3cc[nH]c3n2)cc1. The first-order valence-electron chi connectivity index (χ1n) is 11.4. The summed E-state index contributed by atoms with van der Waals surface area (Å²) in [7, 11) is -2.04. The molecule has 11 heteroatoms. The number of carbonyl (C=O) groups excluding carboxylic acids is 1. The summed E-state index contributed by atoms with van der Waals surface area (Å²) >= 11 is 0. The van der Waals surface area contributed by atoms with E-state index in [0.717, 1.165) is 35.4 Å². The fourth-order valence-corrected chi connectivity index (χ4v) is 4.46. The topological polar surface area (TPSA) is 129 Å². The zero-order valence-electron chi connectivity index (χ0n) is 19.5. The molecule has 3 aromatic rings. The summed E-state index contributed by atoms with van der Waals surface area (Å²) in [6, 6.07) is 8.68. The third-order valence-electron chi connectivity index (χ3n) is 6.00. The van der Waals surface area contributed by atoms with Crippen LogP contribution in [-0.4, -0.2) is 55.1 Å². The number of ether oxygens (including phenoxy) is 1. The highest BCUT2D eigenvalue weighted by atomic mass is 32.2. The molecule has 2 aromatic heterocycles. The Balaban J connectivity index is 1.48. The molecule has 0 radical (unpaired) electrons. The zero-order chi connectivity index (χ0) is 24.3. The Morgan fingerprint density at radius 2 is 1.97 bits per heavy atom. The summed E-state index contributed by atoms with van der Waals surface area (Å²) in [5, 5.41) is 4.43. The minimum atomic E-state index is -3.86. The van der Waals surface area contributed by atoms with Crippen LogP contribution in [0.5, 0.6) is 0 Å². The molecule has 4 rings (SSSR count). The van der Waals surface area contributed by atoms with Crippen LogP contribution in [0, 0.1) is 0 Å². The lowest BCUT2D eigenvalue weighted by atomic mass is 9.93. The number of aromatic amines is 1. The van der Waals surface area contributed by atoms with Crippen molar-refractivity contribution in [1.29, 1.82) is 0 Å². The fourth-order valence-electron chi connectivity index (χ4n) is 3.49. The molecule has 1 aliphatic rings. The zero-order valence-corrected chi connectivity index (χ0v) is 20.4. The lowest BCUT2D eigenvalue weighted by Gasteiger charge is -2.27. The van der Waals surface area contributed by atoms with Gasteiger partial charge in [0.25, 0.3) is 0 Å². The number of anilines is 3. The molecule has 1 fully saturated rings. The van der Waals surface area contributed by atoms with Crippen LogP contribution in [-0.2, 0) is 19.6 Å². The van der Waals surface area contributed by atoms with Crippen LogP contribution in [0.25, 0.3) is 11.0 Å². The number of aromatic nitrogens is 3. The third-order valence-corrected chi connectivity index (χ3v) is 7.42. The molecule has 0 amide bonds. The number of hydrogen-bond acceptors (Lipinski definition) is 8. The smallest absolute Gasteiger partial charge is 0.321 e. The van der Waals surface area contributed by atoms with Gasteiger partial charge in [-0.1, -0.05) is 6.92 Å². The van der Waals surface area contributed by atoms with Crippen molar-refractivity contribution < 1.29 is 17.9 Å². The summed E-state index contributed by atoms with van der Waals surface area (Å²) in [5.41, 5.74) is 1.45. The van der Waals surface area contributed by atoms with Gasteiger partial charge in [0.15, 0.2) is 0 Å². The van der Waals surface area contributed by atoms with E-state index in [0.29, 0.717) is 18.4 Å². The Morgan fingerprint density at radius 1 is 1.24 bits per heavy atom. The van der Waals surface area contributed by atoms with Crippen LogP contribution in [0.3, 0.4) is 0 Å². The van der Waals surface area contributed by atoms with E-state index in [1.807, 2.05) is 26.2 Å². The summed E-state index contributed by atoms with van der Waals surface area (Å²) in [6.07, 6.45) is 5.70. The molecular formula is C23H30N6O4S. The number of carbonyl (C=O) groups is 1. The summed E-state index contributed by atoms with van der Waals surface area (Å²) < 4.78 is 32.5. The van der Waals surface area contributed by atoms with E-state index in [-0.39, 0.29) is 11.0 Å². The van der Waals surface area contributed by atoms with E-state index in [4.69, 9.17) is 9.72 Å². The van der Waals surface area contributed by atoms with Crippen LogP contribution in [0.2, 0.25) is 0 Å². The Morgan fingerprint density at radius 3 is 2.62 bits per heavy atom. The first-order valence-corrected chi connectivity index (χ1v) is 12.9. The number of H-pyrrole nitrogens is 1. The van der Waals surface area contributed by atoms with Gasteiger partial charge < -0.3 is 19.9 Å². The van der Waals surface area contributed by atoms with E-state index >= 15 is 0 Å². The quantitative estimate of drug-likeness (QED) is 0.372. The van der Waals surface area contributed by atoms with Gasteiger partial charge in [-0.2, -0.15) is 14.7 Å². The van der Waals surface area contributed by atoms with Crippen molar-refractivity contribution in [1.82, 2.24) is 19.7 Å². The van der Waals surface area contributed by atoms with Gasteiger partial charge in [0.1, 0.15) is 18.0 Å². The highest BCUT2D eigenvalue weighted by Crippen LogP contribution is 2.30. The number of esters is 1. The van der Waals surface area contributed by atoms with Crippen molar-refractivity contribution in [3.63, 3.8) is 0 Å². The molecule has 1 unspecified atom stereocenters. The highest BCUT2D eigenvalue weighted by Gasteiger charge is 2.21. The number of rotatable bonds is 10. The van der Waals surface area contributed by atoms with Gasteiger partial charge in [-0.3, -0.25) is 4.79 Å². The second-order valence-corrected chi connectivity index (χ2v) is 10.2. The normalized spacial score (nSPS) is 15.0. The first kappa shape index (κ1) is 24.0. The van der Waals surface area contributed by atoms with E-state index in [2.05, 4.69) is 20.0 Å². The minimum Gasteiger partial charge on any atom is -0.462 e. The van der Waals surface area contributed by atoms with Crippen LogP contribution in [0.15, 0.2) is 41.4 Å². The second kappa shape index (κ2) is 9.98. The van der Waals surface area contributed by atoms with E-state index in [1.165, 1.54) is 18.6 Å². The molecule has 2 heterocycles. The molecule has 3 N–H and O–H groups in total. The molecule has 34 heavy (non-hydrogen) atoms. The van der Waals surface area contributed by atoms with Crippen LogP contribution in [0.1, 0.15) is 39.5 Å². The Hall–Kier alpha value is -3.18. The maximum Gasteiger partial charge on any atom is 0.321 e. The van der Waals surface area contributed by atoms with Crippen molar-refractivity contribution in [2.75, 3.05) is 23.8 Å². The number of nitrogens with one attached hydrogen (secondary N) is 3. The van der Waals surface area contributed by atoms with Crippen LogP contribution >= 0.6 is 0 Å². The third kappa shape index (κ3) is 5.31. The molecule has 1 aliphatic carbocycles. The fraction of sp³-hybridized carbons (Fsp3) is 0.435. The maximum absolute atomic E-state index is 12.6. The molecule has 182 valence electrons. The van der Waals surface area contributed by atoms with Crippen LogP contribution < -0.4 is 14.9 Å². The van der Waals surface area contributed by atoms with Gasteiger partial charge in [0.05, 0.1) is 16.4 Å². The van der Waals surface area contributed by atoms with E-state index < -0.39 is 22.5 Å². The average Bonchev–Trinajstić information content (AvgIpc) is 3.28. The highest BCUT2D eigenvalue weighted by molar-refractivity contribution is 7.89. The van der Waals surface area contributed by atoms with Gasteiger partial charge in [-0.15, -0.1) is 0 Å². The van der Waals surface area contributed by atoms with Crippen molar-refractivity contribution in [2.24, 2.45) is 0 Å². The van der Waals surface area contributed by atoms with Crippen molar-refractivity contribution >= 4 is 44.5 Å². The Kier molecular flexibility index (Phi) is 7.03. The molecular weight excluding hydrogens is 456 g/mol. The van der Waals surface area contributed by atoms with Crippen molar-refractivity contribution in [3.8, 4) is 0 Å². The summed E-state index contributed by atoms with van der Waals surface area (Å²) in [4.78, 5) is 26.1. The van der Waals surface area contributed by atoms with Gasteiger partial charge in [0.2, 0.25) is 16.0 Å². The largest absolute Gasteiger partial charge is 0.462 e. The molecule has 0 saturated heterocycles. The van der Waals surface area contributed by atoms with E-state index in [9.17, 15) is 13.2 Å². The number of nitrogens with zero attached hydrogens (tertiary/aromatic N) is 3. The molecule has 1 atom stereocenters. The van der Waals surface area contributed by atoms with Gasteiger partial charge in [0, 0.05) is 25.0 Å². The predicted molar refractivity (Wildman–Crippen MR) is 131 cm³/mol. The molecule has 0 aliphatic heterocycles. The van der Waals surface area contributed by atoms with E-state index in [1.54, 1.807) is 24.0 Å². The molecule has 10 nitrogen and oxygen atoms in total. The first-order chi connectivity index (χ1) is 16.3. The number of hydrogen-bond donors (Lipinski definition) is 3. The minimum absolute atomic E-state index is 0.0501. The summed E-state index contributed by atoms with van der Waals surface area (Å²) in [5.74, 6) is 0.654. The Labute approximate surface area is 199 Å². The Bertz CT molecular complexity index is 1250.